The molecule has 1 aromatic heterocycles. The number of anilines is 3. The lowest BCUT2D eigenvalue weighted by atomic mass is 10.3. The third kappa shape index (κ3) is 3.05. The first kappa shape index (κ1) is 13.3. The highest BCUT2D eigenvalue weighted by molar-refractivity contribution is 9.10. The molecule has 20 heavy (non-hydrogen) atoms. The van der Waals surface area contributed by atoms with Crippen molar-refractivity contribution < 1.29 is 4.74 Å². The number of nitrogens with zero attached hydrogens (tertiary/aromatic N) is 4. The molecule has 7 heteroatoms. The van der Waals surface area contributed by atoms with Gasteiger partial charge in [-0.05, 0) is 28.1 Å². The van der Waals surface area contributed by atoms with Gasteiger partial charge in [-0.15, -0.1) is 5.10 Å². The van der Waals surface area contributed by atoms with Crippen molar-refractivity contribution in [2.75, 3.05) is 36.5 Å². The number of morpholine rings is 1. The normalized spacial score (nSPS) is 15.2. The Labute approximate surface area is 125 Å². The number of para-hydroxylation sites is 1. The SMILES string of the molecule is Brc1ccccc1Nc1nncc(N2CCOCC2)n1. The van der Waals surface area contributed by atoms with Gasteiger partial charge in [0.2, 0.25) is 5.95 Å². The van der Waals surface area contributed by atoms with Crippen molar-refractivity contribution in [3.8, 4) is 0 Å². The second kappa shape index (κ2) is 6.15. The predicted octanol–water partition coefficient (Wildman–Crippen LogP) is 2.21. The van der Waals surface area contributed by atoms with Gasteiger partial charge in [-0.2, -0.15) is 10.1 Å². The highest BCUT2D eigenvalue weighted by Crippen LogP contribution is 2.24. The van der Waals surface area contributed by atoms with Crippen molar-refractivity contribution in [2.45, 2.75) is 0 Å². The summed E-state index contributed by atoms with van der Waals surface area (Å²) in [6.45, 7) is 3.09. The van der Waals surface area contributed by atoms with Gasteiger partial charge < -0.3 is 15.0 Å². The van der Waals surface area contributed by atoms with Gasteiger partial charge in [-0.1, -0.05) is 12.1 Å². The number of rotatable bonds is 3. The van der Waals surface area contributed by atoms with Crippen LogP contribution in [-0.4, -0.2) is 41.5 Å². The molecule has 104 valence electrons. The van der Waals surface area contributed by atoms with Gasteiger partial charge in [0.05, 0.1) is 25.1 Å². The predicted molar refractivity (Wildman–Crippen MR) is 80.3 cm³/mol. The Balaban J connectivity index is 1.79. The van der Waals surface area contributed by atoms with E-state index in [9.17, 15) is 0 Å². The number of hydrogen-bond acceptors (Lipinski definition) is 6. The zero-order chi connectivity index (χ0) is 13.8. The lowest BCUT2D eigenvalue weighted by Gasteiger charge is -2.27. The molecule has 0 saturated carbocycles. The molecule has 1 aromatic carbocycles. The number of nitrogens with one attached hydrogen (secondary N) is 1. The number of ether oxygens (including phenoxy) is 1. The van der Waals surface area contributed by atoms with Crippen LogP contribution in [0.2, 0.25) is 0 Å². The average molecular weight is 336 g/mol. The van der Waals surface area contributed by atoms with E-state index in [0.29, 0.717) is 5.95 Å². The summed E-state index contributed by atoms with van der Waals surface area (Å²) in [6.07, 6.45) is 1.68. The molecule has 0 radical (unpaired) electrons. The minimum atomic E-state index is 0.487. The van der Waals surface area contributed by atoms with Gasteiger partial charge in [0, 0.05) is 17.6 Å². The summed E-state index contributed by atoms with van der Waals surface area (Å²) in [5.41, 5.74) is 0.911. The Morgan fingerprint density at radius 3 is 2.80 bits per heavy atom. The van der Waals surface area contributed by atoms with E-state index in [1.54, 1.807) is 6.20 Å². The summed E-state index contributed by atoms with van der Waals surface area (Å²) in [5.74, 6) is 1.30. The van der Waals surface area contributed by atoms with E-state index in [-0.39, 0.29) is 0 Å². The van der Waals surface area contributed by atoms with E-state index in [1.807, 2.05) is 24.3 Å². The molecular formula is C13H14BrN5O. The van der Waals surface area contributed by atoms with E-state index >= 15 is 0 Å². The van der Waals surface area contributed by atoms with Crippen molar-refractivity contribution in [3.05, 3.63) is 34.9 Å². The van der Waals surface area contributed by atoms with Gasteiger partial charge in [0.1, 0.15) is 0 Å². The van der Waals surface area contributed by atoms with Crippen LogP contribution in [0.5, 0.6) is 0 Å². The van der Waals surface area contributed by atoms with E-state index in [2.05, 4.69) is 41.3 Å². The van der Waals surface area contributed by atoms with Crippen LogP contribution in [0.4, 0.5) is 17.5 Å². The first-order chi connectivity index (χ1) is 9.83. The topological polar surface area (TPSA) is 63.2 Å². The average Bonchev–Trinajstić information content (AvgIpc) is 2.51. The van der Waals surface area contributed by atoms with Crippen LogP contribution < -0.4 is 10.2 Å². The molecule has 1 fully saturated rings. The minimum absolute atomic E-state index is 0.487. The third-order valence-electron chi connectivity index (χ3n) is 3.00. The molecule has 0 unspecified atom stereocenters. The van der Waals surface area contributed by atoms with Gasteiger partial charge in [0.15, 0.2) is 5.82 Å². The third-order valence-corrected chi connectivity index (χ3v) is 3.69. The van der Waals surface area contributed by atoms with Crippen LogP contribution >= 0.6 is 15.9 Å². The number of aromatic nitrogens is 3. The zero-order valence-electron chi connectivity index (χ0n) is 10.8. The van der Waals surface area contributed by atoms with Crippen LogP contribution in [0.25, 0.3) is 0 Å². The quantitative estimate of drug-likeness (QED) is 0.927. The first-order valence-corrected chi connectivity index (χ1v) is 7.16. The molecule has 0 spiro atoms. The maximum Gasteiger partial charge on any atom is 0.249 e. The van der Waals surface area contributed by atoms with Crippen molar-refractivity contribution in [2.24, 2.45) is 0 Å². The fourth-order valence-corrected chi connectivity index (χ4v) is 2.36. The fraction of sp³-hybridized carbons (Fsp3) is 0.308. The number of hydrogen-bond donors (Lipinski definition) is 1. The number of benzene rings is 1. The monoisotopic (exact) mass is 335 g/mol. The smallest absolute Gasteiger partial charge is 0.249 e. The van der Waals surface area contributed by atoms with Gasteiger partial charge >= 0.3 is 0 Å². The van der Waals surface area contributed by atoms with E-state index in [1.165, 1.54) is 0 Å². The molecule has 1 saturated heterocycles. The highest BCUT2D eigenvalue weighted by atomic mass is 79.9. The van der Waals surface area contributed by atoms with Crippen molar-refractivity contribution in [3.63, 3.8) is 0 Å². The molecule has 1 aliphatic rings. The maximum atomic E-state index is 5.34. The molecule has 3 rings (SSSR count). The summed E-state index contributed by atoms with van der Waals surface area (Å²) in [5, 5.41) is 11.2. The van der Waals surface area contributed by atoms with Crippen LogP contribution in [0, 0.1) is 0 Å². The zero-order valence-corrected chi connectivity index (χ0v) is 12.4. The molecule has 0 atom stereocenters. The molecule has 0 bridgehead atoms. The largest absolute Gasteiger partial charge is 0.378 e. The van der Waals surface area contributed by atoms with Gasteiger partial charge in [0.25, 0.3) is 0 Å². The minimum Gasteiger partial charge on any atom is -0.378 e. The first-order valence-electron chi connectivity index (χ1n) is 6.37. The van der Waals surface area contributed by atoms with Gasteiger partial charge in [-0.3, -0.25) is 0 Å². The summed E-state index contributed by atoms with van der Waals surface area (Å²) >= 11 is 3.48. The van der Waals surface area contributed by atoms with E-state index < -0.39 is 0 Å². The number of halogens is 1. The van der Waals surface area contributed by atoms with Crippen molar-refractivity contribution in [1.29, 1.82) is 0 Å². The molecule has 2 heterocycles. The fourth-order valence-electron chi connectivity index (χ4n) is 1.98. The lowest BCUT2D eigenvalue weighted by molar-refractivity contribution is 0.122. The van der Waals surface area contributed by atoms with E-state index in [0.717, 1.165) is 42.3 Å². The molecule has 1 aliphatic heterocycles. The van der Waals surface area contributed by atoms with E-state index in [4.69, 9.17) is 4.74 Å². The Kier molecular flexibility index (Phi) is 4.08. The van der Waals surface area contributed by atoms with Crippen LogP contribution in [0.15, 0.2) is 34.9 Å². The Morgan fingerprint density at radius 1 is 1.20 bits per heavy atom. The van der Waals surface area contributed by atoms with Gasteiger partial charge in [-0.25, -0.2) is 0 Å². The van der Waals surface area contributed by atoms with Crippen molar-refractivity contribution >= 4 is 33.4 Å². The van der Waals surface area contributed by atoms with Crippen LogP contribution in [0.3, 0.4) is 0 Å². The lowest BCUT2D eigenvalue weighted by Crippen LogP contribution is -2.37. The second-order valence-electron chi connectivity index (χ2n) is 4.34. The molecule has 0 aliphatic carbocycles. The molecule has 0 amide bonds. The highest BCUT2D eigenvalue weighted by Gasteiger charge is 2.13. The summed E-state index contributed by atoms with van der Waals surface area (Å²) < 4.78 is 6.29. The second-order valence-corrected chi connectivity index (χ2v) is 5.20. The van der Waals surface area contributed by atoms with Crippen LogP contribution in [0.1, 0.15) is 0 Å². The Bertz CT molecular complexity index is 588. The van der Waals surface area contributed by atoms with Crippen LogP contribution in [-0.2, 0) is 4.74 Å². The van der Waals surface area contributed by atoms with Crippen molar-refractivity contribution in [1.82, 2.24) is 15.2 Å². The summed E-state index contributed by atoms with van der Waals surface area (Å²) in [7, 11) is 0. The Hall–Kier alpha value is -1.73. The summed E-state index contributed by atoms with van der Waals surface area (Å²) in [6, 6.07) is 7.82. The Morgan fingerprint density at radius 2 is 2.00 bits per heavy atom. The summed E-state index contributed by atoms with van der Waals surface area (Å²) in [4.78, 5) is 6.64. The molecule has 6 nitrogen and oxygen atoms in total. The molecule has 2 aromatic rings. The molecular weight excluding hydrogens is 322 g/mol. The molecule has 1 N–H and O–H groups in total. The standard InChI is InChI=1S/C13H14BrN5O/c14-10-3-1-2-4-11(10)16-13-17-12(9-15-18-13)19-5-7-20-8-6-19/h1-4,9H,5-8H2,(H,16,17,18). The maximum absolute atomic E-state index is 5.34.